The van der Waals surface area contributed by atoms with Crippen molar-refractivity contribution in [1.82, 2.24) is 14.8 Å². The van der Waals surface area contributed by atoms with E-state index >= 15 is 0 Å². The molecule has 2 aromatic heterocycles. The first-order valence-corrected chi connectivity index (χ1v) is 11.7. The maximum absolute atomic E-state index is 4.99. The van der Waals surface area contributed by atoms with Crippen molar-refractivity contribution in [3.05, 3.63) is 102 Å². The van der Waals surface area contributed by atoms with Gasteiger partial charge in [-0.2, -0.15) is 35.4 Å². The molecule has 0 radical (unpaired) electrons. The normalized spacial score (nSPS) is 10.8. The van der Waals surface area contributed by atoms with Crippen LogP contribution in [-0.2, 0) is 33.9 Å². The van der Waals surface area contributed by atoms with Crippen LogP contribution in [0.4, 0.5) is 0 Å². The molecule has 0 spiro atoms. The van der Waals surface area contributed by atoms with E-state index in [1.54, 1.807) is 11.8 Å². The smallest absolute Gasteiger partial charge is 0.237 e. The number of pyridine rings is 1. The van der Waals surface area contributed by atoms with E-state index in [0.717, 1.165) is 39.7 Å². The number of rotatable bonds is 6. The molecule has 0 fully saturated rings. The third kappa shape index (κ3) is 4.69. The monoisotopic (exact) mass is 628 g/mol. The van der Waals surface area contributed by atoms with Crippen molar-refractivity contribution in [2.75, 3.05) is 0 Å². The van der Waals surface area contributed by atoms with Gasteiger partial charge in [0.2, 0.25) is 0 Å². The summed E-state index contributed by atoms with van der Waals surface area (Å²) in [5, 5.41) is 8.38. The Kier molecular flexibility index (Phi) is 7.47. The summed E-state index contributed by atoms with van der Waals surface area (Å²) in [7, 11) is 0. The van der Waals surface area contributed by atoms with Gasteiger partial charge in [-0.05, 0) is 25.0 Å². The number of nitrogens with zero attached hydrogens (tertiary/aromatic N) is 3. The summed E-state index contributed by atoms with van der Waals surface area (Å²) in [6, 6.07) is 31.7. The molecule has 5 heteroatoms. The van der Waals surface area contributed by atoms with Gasteiger partial charge in [-0.1, -0.05) is 54.8 Å². The molecular formula is C28H23N3PtS. The SMILES string of the molecule is CCc1c(Sc2[c-]c(-c3[c-]cccc3)c3ccccc3c2)nn(-c2ccccn2)c1CC.[Pt+2]. The summed E-state index contributed by atoms with van der Waals surface area (Å²) < 4.78 is 1.99. The Labute approximate surface area is 213 Å². The Hall–Kier alpha value is -2.68. The van der Waals surface area contributed by atoms with E-state index in [-0.39, 0.29) is 21.1 Å². The molecule has 0 bridgehead atoms. The molecule has 0 saturated heterocycles. The molecule has 0 aliphatic rings. The summed E-state index contributed by atoms with van der Waals surface area (Å²) in [5.74, 6) is 0.855. The van der Waals surface area contributed by atoms with Crippen LogP contribution in [-0.4, -0.2) is 14.8 Å². The molecule has 3 nitrogen and oxygen atoms in total. The summed E-state index contributed by atoms with van der Waals surface area (Å²) in [5.41, 5.74) is 4.61. The van der Waals surface area contributed by atoms with E-state index in [1.807, 2.05) is 47.3 Å². The molecule has 0 amide bonds. The molecule has 2 heterocycles. The van der Waals surface area contributed by atoms with Gasteiger partial charge < -0.3 is 0 Å². The zero-order chi connectivity index (χ0) is 21.9. The summed E-state index contributed by atoms with van der Waals surface area (Å²) >= 11 is 1.68. The minimum absolute atomic E-state index is 0. The minimum Gasteiger partial charge on any atom is -0.237 e. The van der Waals surface area contributed by atoms with Crippen LogP contribution in [0.15, 0.2) is 88.9 Å². The molecule has 0 N–H and O–H groups in total. The first-order valence-electron chi connectivity index (χ1n) is 10.9. The van der Waals surface area contributed by atoms with Gasteiger partial charge in [0.05, 0.1) is 5.69 Å². The zero-order valence-corrected chi connectivity index (χ0v) is 21.6. The van der Waals surface area contributed by atoms with E-state index < -0.39 is 0 Å². The summed E-state index contributed by atoms with van der Waals surface area (Å²) in [4.78, 5) is 5.58. The van der Waals surface area contributed by atoms with Gasteiger partial charge in [0.25, 0.3) is 0 Å². The minimum atomic E-state index is 0. The molecule has 3 aromatic carbocycles. The molecule has 33 heavy (non-hydrogen) atoms. The van der Waals surface area contributed by atoms with E-state index in [9.17, 15) is 0 Å². The summed E-state index contributed by atoms with van der Waals surface area (Å²) in [6.07, 6.45) is 3.64. The van der Waals surface area contributed by atoms with E-state index in [4.69, 9.17) is 5.10 Å². The second-order valence-corrected chi connectivity index (χ2v) is 8.54. The molecule has 5 aromatic rings. The van der Waals surface area contributed by atoms with Crippen molar-refractivity contribution in [1.29, 1.82) is 0 Å². The van der Waals surface area contributed by atoms with Crippen LogP contribution < -0.4 is 0 Å². The molecule has 0 atom stereocenters. The zero-order valence-electron chi connectivity index (χ0n) is 18.5. The number of aromatic nitrogens is 3. The number of hydrogen-bond donors (Lipinski definition) is 0. The Balaban J connectivity index is 0.00000259. The maximum atomic E-state index is 4.99. The molecule has 0 aliphatic heterocycles. The molecule has 0 aliphatic carbocycles. The van der Waals surface area contributed by atoms with Gasteiger partial charge >= 0.3 is 21.1 Å². The third-order valence-corrected chi connectivity index (χ3v) is 6.52. The quantitative estimate of drug-likeness (QED) is 0.191. The van der Waals surface area contributed by atoms with Crippen LogP contribution in [0, 0.1) is 12.1 Å². The van der Waals surface area contributed by atoms with Crippen LogP contribution in [0.3, 0.4) is 0 Å². The van der Waals surface area contributed by atoms with Crippen molar-refractivity contribution >= 4 is 22.5 Å². The summed E-state index contributed by atoms with van der Waals surface area (Å²) in [6.45, 7) is 4.37. The predicted octanol–water partition coefficient (Wildman–Crippen LogP) is 6.96. The molecule has 0 saturated carbocycles. The standard InChI is InChI=1S/C28H23N3S.Pt/c1-3-23-26(4-2)31(27-16-10-11-17-29-27)30-28(23)32-22-18-21-14-8-9-15-24(21)25(19-22)20-12-6-5-7-13-20;/h5-12,14-18H,3-4H2,1-2H3;/q-2;+2. The van der Waals surface area contributed by atoms with E-state index in [0.29, 0.717) is 0 Å². The fourth-order valence-corrected chi connectivity index (χ4v) is 5.13. The first-order chi connectivity index (χ1) is 15.8. The average molecular weight is 629 g/mol. The van der Waals surface area contributed by atoms with Crippen molar-refractivity contribution in [2.45, 2.75) is 36.6 Å². The fraction of sp³-hybridized carbons (Fsp3) is 0.143. The van der Waals surface area contributed by atoms with Crippen LogP contribution in [0.25, 0.3) is 27.7 Å². The van der Waals surface area contributed by atoms with Crippen molar-refractivity contribution < 1.29 is 21.1 Å². The number of hydrogen-bond acceptors (Lipinski definition) is 3. The number of benzene rings is 3. The fourth-order valence-electron chi connectivity index (χ4n) is 4.07. The maximum Gasteiger partial charge on any atom is 2.00 e. The van der Waals surface area contributed by atoms with E-state index in [1.165, 1.54) is 22.0 Å². The topological polar surface area (TPSA) is 30.7 Å². The van der Waals surface area contributed by atoms with Crippen LogP contribution in [0.1, 0.15) is 25.1 Å². The molecule has 5 rings (SSSR count). The average Bonchev–Trinajstić information content (AvgIpc) is 3.21. The molecular weight excluding hydrogens is 605 g/mol. The largest absolute Gasteiger partial charge is 2.00 e. The van der Waals surface area contributed by atoms with Gasteiger partial charge in [0, 0.05) is 11.8 Å². The van der Waals surface area contributed by atoms with Gasteiger partial charge in [0.15, 0.2) is 5.82 Å². The Morgan fingerprint density at radius 1 is 0.939 bits per heavy atom. The van der Waals surface area contributed by atoms with Gasteiger partial charge in [-0.3, -0.25) is 0 Å². The van der Waals surface area contributed by atoms with Gasteiger partial charge in [-0.15, -0.1) is 29.0 Å². The predicted molar refractivity (Wildman–Crippen MR) is 131 cm³/mol. The second kappa shape index (κ2) is 10.5. The van der Waals surface area contributed by atoms with Gasteiger partial charge in [0.1, 0.15) is 5.03 Å². The van der Waals surface area contributed by atoms with E-state index in [2.05, 4.69) is 67.4 Å². The Bertz CT molecular complexity index is 1360. The van der Waals surface area contributed by atoms with Crippen LogP contribution in [0.2, 0.25) is 0 Å². The number of fused-ring (bicyclic) bond motifs is 1. The van der Waals surface area contributed by atoms with Crippen LogP contribution >= 0.6 is 11.8 Å². The Morgan fingerprint density at radius 3 is 2.48 bits per heavy atom. The van der Waals surface area contributed by atoms with Gasteiger partial charge in [-0.25, -0.2) is 20.8 Å². The Morgan fingerprint density at radius 2 is 1.76 bits per heavy atom. The van der Waals surface area contributed by atoms with Crippen molar-refractivity contribution in [3.63, 3.8) is 0 Å². The molecule has 0 unspecified atom stereocenters. The third-order valence-electron chi connectivity index (χ3n) is 5.56. The van der Waals surface area contributed by atoms with Crippen molar-refractivity contribution in [3.8, 4) is 16.9 Å². The molecule has 166 valence electrons. The second-order valence-electron chi connectivity index (χ2n) is 7.51. The van der Waals surface area contributed by atoms with Crippen LogP contribution in [0.5, 0.6) is 0 Å². The first kappa shape index (κ1) is 23.5. The van der Waals surface area contributed by atoms with Crippen molar-refractivity contribution in [2.24, 2.45) is 0 Å².